The molecule has 4 unspecified atom stereocenters. The van der Waals surface area contributed by atoms with Crippen LogP contribution in [0.25, 0.3) is 0 Å². The molecule has 0 aliphatic heterocycles. The number of hydrogen-bond donors (Lipinski definition) is 1. The molecule has 0 radical (unpaired) electrons. The molecule has 6 heteroatoms. The van der Waals surface area contributed by atoms with Crippen molar-refractivity contribution in [2.24, 2.45) is 5.92 Å². The van der Waals surface area contributed by atoms with E-state index in [0.29, 0.717) is 12.8 Å². The molecule has 15 heavy (non-hydrogen) atoms. The van der Waals surface area contributed by atoms with Gasteiger partial charge in [-0.1, -0.05) is 6.92 Å². The molecule has 1 fully saturated rings. The van der Waals surface area contributed by atoms with Crippen molar-refractivity contribution < 1.29 is 19.6 Å². The van der Waals surface area contributed by atoms with Gasteiger partial charge in [0.1, 0.15) is 6.10 Å². The minimum atomic E-state index is -1.19. The molecule has 1 aliphatic carbocycles. The van der Waals surface area contributed by atoms with Gasteiger partial charge >= 0.3 is 5.97 Å². The first-order chi connectivity index (χ1) is 6.91. The topological polar surface area (TPSA) is 89.7 Å². The second kappa shape index (κ2) is 4.57. The van der Waals surface area contributed by atoms with Crippen molar-refractivity contribution in [1.29, 1.82) is 0 Å². The number of nitro groups is 1. The Morgan fingerprint density at radius 2 is 2.13 bits per heavy atom. The van der Waals surface area contributed by atoms with Gasteiger partial charge in [-0.15, -0.1) is 0 Å². The number of rotatable bonds is 2. The van der Waals surface area contributed by atoms with Gasteiger partial charge in [-0.25, -0.2) is 0 Å². The van der Waals surface area contributed by atoms with Gasteiger partial charge < -0.3 is 9.84 Å². The summed E-state index contributed by atoms with van der Waals surface area (Å²) < 4.78 is 4.87. The van der Waals surface area contributed by atoms with Crippen molar-refractivity contribution in [2.75, 3.05) is 0 Å². The number of aliphatic hydroxyl groups excluding tert-OH is 1. The van der Waals surface area contributed by atoms with E-state index in [9.17, 15) is 20.0 Å². The number of hydrogen-bond acceptors (Lipinski definition) is 5. The van der Waals surface area contributed by atoms with E-state index >= 15 is 0 Å². The zero-order valence-electron chi connectivity index (χ0n) is 8.75. The van der Waals surface area contributed by atoms with Gasteiger partial charge in [-0.05, 0) is 18.8 Å². The molecule has 0 aromatic rings. The minimum absolute atomic E-state index is 0.126. The van der Waals surface area contributed by atoms with Crippen LogP contribution < -0.4 is 0 Å². The summed E-state index contributed by atoms with van der Waals surface area (Å²) >= 11 is 0. The lowest BCUT2D eigenvalue weighted by molar-refractivity contribution is -0.549. The number of aliphatic hydroxyl groups is 1. The van der Waals surface area contributed by atoms with Crippen molar-refractivity contribution in [3.05, 3.63) is 10.1 Å². The Hall–Kier alpha value is -1.17. The van der Waals surface area contributed by atoms with Gasteiger partial charge in [-0.2, -0.15) is 0 Å². The lowest BCUT2D eigenvalue weighted by atomic mass is 9.83. The van der Waals surface area contributed by atoms with Gasteiger partial charge in [0.15, 0.2) is 6.10 Å². The second-order valence-electron chi connectivity index (χ2n) is 4.07. The monoisotopic (exact) mass is 217 g/mol. The third-order valence-corrected chi connectivity index (χ3v) is 2.61. The highest BCUT2D eigenvalue weighted by molar-refractivity contribution is 5.66. The number of nitrogens with zero attached hydrogens (tertiary/aromatic N) is 1. The van der Waals surface area contributed by atoms with Crippen LogP contribution in [0.3, 0.4) is 0 Å². The van der Waals surface area contributed by atoms with Crippen LogP contribution in [0.2, 0.25) is 0 Å². The van der Waals surface area contributed by atoms with E-state index in [-0.39, 0.29) is 5.92 Å². The first-order valence-electron chi connectivity index (χ1n) is 4.90. The molecule has 1 aliphatic rings. The predicted octanol–water partition coefficient (Wildman–Crippen LogP) is 0.354. The molecule has 0 aromatic carbocycles. The SMILES string of the molecule is CC(=O)OC1CC(C)CC(O)C1[N+](=O)[O-]. The van der Waals surface area contributed by atoms with E-state index in [0.717, 1.165) is 0 Å². The van der Waals surface area contributed by atoms with Crippen LogP contribution in [0, 0.1) is 16.0 Å². The molecule has 1 N–H and O–H groups in total. The molecular weight excluding hydrogens is 202 g/mol. The average Bonchev–Trinajstić information content (AvgIpc) is 1.99. The van der Waals surface area contributed by atoms with Crippen LogP contribution in [-0.2, 0) is 9.53 Å². The fourth-order valence-corrected chi connectivity index (χ4v) is 2.04. The molecule has 86 valence electrons. The highest BCUT2D eigenvalue weighted by Crippen LogP contribution is 2.28. The highest BCUT2D eigenvalue weighted by atomic mass is 16.6. The number of carbonyl (C=O) groups excluding carboxylic acids is 1. The molecule has 0 spiro atoms. The smallest absolute Gasteiger partial charge is 0.303 e. The summed E-state index contributed by atoms with van der Waals surface area (Å²) in [5.41, 5.74) is 0. The van der Waals surface area contributed by atoms with Crippen LogP contribution in [0.4, 0.5) is 0 Å². The maximum Gasteiger partial charge on any atom is 0.303 e. The standard InChI is InChI=1S/C9H15NO5/c1-5-3-7(12)9(10(13)14)8(4-5)15-6(2)11/h5,7-9,12H,3-4H2,1-2H3. The summed E-state index contributed by atoms with van der Waals surface area (Å²) in [6.07, 6.45) is -1.03. The highest BCUT2D eigenvalue weighted by Gasteiger charge is 2.45. The van der Waals surface area contributed by atoms with E-state index in [4.69, 9.17) is 4.74 Å². The maximum atomic E-state index is 10.8. The van der Waals surface area contributed by atoms with Crippen LogP contribution in [0.1, 0.15) is 26.7 Å². The molecule has 4 atom stereocenters. The molecule has 0 aromatic heterocycles. The first-order valence-corrected chi connectivity index (χ1v) is 4.90. The number of esters is 1. The molecule has 0 saturated heterocycles. The van der Waals surface area contributed by atoms with Crippen molar-refractivity contribution in [3.63, 3.8) is 0 Å². The van der Waals surface area contributed by atoms with Crippen molar-refractivity contribution in [1.82, 2.24) is 0 Å². The summed E-state index contributed by atoms with van der Waals surface area (Å²) in [7, 11) is 0. The molecule has 0 bridgehead atoms. The quantitative estimate of drug-likeness (QED) is 0.409. The van der Waals surface area contributed by atoms with E-state index in [1.165, 1.54) is 6.92 Å². The molecule has 6 nitrogen and oxygen atoms in total. The lowest BCUT2D eigenvalue weighted by Gasteiger charge is -2.32. The molecular formula is C9H15NO5. The minimum Gasteiger partial charge on any atom is -0.455 e. The Bertz CT molecular complexity index is 267. The molecule has 0 amide bonds. The Morgan fingerprint density at radius 3 is 2.60 bits per heavy atom. The van der Waals surface area contributed by atoms with E-state index in [2.05, 4.69) is 0 Å². The number of carbonyl (C=O) groups is 1. The summed E-state index contributed by atoms with van der Waals surface area (Å²) in [4.78, 5) is 20.9. The van der Waals surface area contributed by atoms with E-state index in [1.54, 1.807) is 0 Å². The van der Waals surface area contributed by atoms with Crippen LogP contribution >= 0.6 is 0 Å². The lowest BCUT2D eigenvalue weighted by Crippen LogP contribution is -2.50. The Kier molecular flexibility index (Phi) is 3.62. The summed E-state index contributed by atoms with van der Waals surface area (Å²) in [6.45, 7) is 3.08. The predicted molar refractivity (Wildman–Crippen MR) is 50.7 cm³/mol. The number of ether oxygens (including phenoxy) is 1. The van der Waals surface area contributed by atoms with Crippen LogP contribution in [0.15, 0.2) is 0 Å². The Balaban J connectivity index is 2.77. The molecule has 1 saturated carbocycles. The van der Waals surface area contributed by atoms with Crippen LogP contribution in [0.5, 0.6) is 0 Å². The Labute approximate surface area is 87.4 Å². The van der Waals surface area contributed by atoms with Gasteiger partial charge in [0.2, 0.25) is 0 Å². The second-order valence-corrected chi connectivity index (χ2v) is 4.07. The van der Waals surface area contributed by atoms with Gasteiger partial charge in [-0.3, -0.25) is 14.9 Å². The zero-order valence-corrected chi connectivity index (χ0v) is 8.75. The maximum absolute atomic E-state index is 10.8. The Morgan fingerprint density at radius 1 is 1.53 bits per heavy atom. The summed E-state index contributed by atoms with van der Waals surface area (Å²) in [5, 5.41) is 20.3. The van der Waals surface area contributed by atoms with Crippen molar-refractivity contribution >= 4 is 5.97 Å². The fraction of sp³-hybridized carbons (Fsp3) is 0.889. The zero-order chi connectivity index (χ0) is 11.6. The van der Waals surface area contributed by atoms with Gasteiger partial charge in [0.05, 0.1) is 0 Å². The molecule has 1 rings (SSSR count). The van der Waals surface area contributed by atoms with E-state index < -0.39 is 29.1 Å². The third-order valence-electron chi connectivity index (χ3n) is 2.61. The van der Waals surface area contributed by atoms with E-state index in [1.807, 2.05) is 6.92 Å². The van der Waals surface area contributed by atoms with Crippen molar-refractivity contribution in [3.8, 4) is 0 Å². The average molecular weight is 217 g/mol. The fourth-order valence-electron chi connectivity index (χ4n) is 2.04. The van der Waals surface area contributed by atoms with Crippen molar-refractivity contribution in [2.45, 2.75) is 44.9 Å². The van der Waals surface area contributed by atoms with Gasteiger partial charge in [0.25, 0.3) is 6.04 Å². The third kappa shape index (κ3) is 2.89. The van der Waals surface area contributed by atoms with Crippen LogP contribution in [-0.4, -0.2) is 34.2 Å². The summed E-state index contributed by atoms with van der Waals surface area (Å²) in [5.74, 6) is -0.423. The van der Waals surface area contributed by atoms with Gasteiger partial charge in [0, 0.05) is 11.8 Å². The normalized spacial score (nSPS) is 35.9. The molecule has 0 heterocycles. The largest absolute Gasteiger partial charge is 0.455 e. The first kappa shape index (κ1) is 11.9. The summed E-state index contributed by atoms with van der Waals surface area (Å²) in [6, 6.07) is -1.19.